The molecule has 1 atom stereocenters. The van der Waals surface area contributed by atoms with E-state index < -0.39 is 5.97 Å². The maximum Gasteiger partial charge on any atom is 0.337 e. The minimum atomic E-state index is -0.516. The van der Waals surface area contributed by atoms with Crippen LogP contribution in [-0.2, 0) is 9.47 Å². The molecule has 2 aromatic rings. The van der Waals surface area contributed by atoms with Crippen LogP contribution in [0.4, 0.5) is 0 Å². The SMILES string of the molecule is COCC1CCCN1C(=O)c1cc(C(=O)OC)cc(-c2ncco2)c1. The summed E-state index contributed by atoms with van der Waals surface area (Å²) in [6, 6.07) is 4.88. The van der Waals surface area contributed by atoms with Gasteiger partial charge in [-0.2, -0.15) is 0 Å². The van der Waals surface area contributed by atoms with Crippen molar-refractivity contribution in [1.29, 1.82) is 0 Å². The number of hydrogen-bond acceptors (Lipinski definition) is 6. The van der Waals surface area contributed by atoms with Crippen LogP contribution in [0.15, 0.2) is 35.1 Å². The Balaban J connectivity index is 1.98. The summed E-state index contributed by atoms with van der Waals surface area (Å²) < 4.78 is 15.3. The molecule has 1 saturated heterocycles. The molecule has 3 rings (SSSR count). The Hall–Kier alpha value is -2.67. The Morgan fingerprint density at radius 2 is 2.08 bits per heavy atom. The number of amides is 1. The van der Waals surface area contributed by atoms with Gasteiger partial charge in [-0.1, -0.05) is 0 Å². The highest BCUT2D eigenvalue weighted by Gasteiger charge is 2.30. The van der Waals surface area contributed by atoms with Gasteiger partial charge in [-0.3, -0.25) is 4.79 Å². The summed E-state index contributed by atoms with van der Waals surface area (Å²) in [6.07, 6.45) is 4.79. The van der Waals surface area contributed by atoms with Gasteiger partial charge in [0.25, 0.3) is 5.91 Å². The van der Waals surface area contributed by atoms with Crippen LogP contribution in [0.5, 0.6) is 0 Å². The van der Waals surface area contributed by atoms with E-state index in [1.54, 1.807) is 30.2 Å². The zero-order valence-electron chi connectivity index (χ0n) is 14.2. The van der Waals surface area contributed by atoms with Gasteiger partial charge in [0.1, 0.15) is 6.26 Å². The number of rotatable bonds is 5. The molecule has 7 heteroatoms. The molecule has 1 fully saturated rings. The topological polar surface area (TPSA) is 81.9 Å². The van der Waals surface area contributed by atoms with E-state index in [0.29, 0.717) is 30.2 Å². The summed E-state index contributed by atoms with van der Waals surface area (Å²) in [6.45, 7) is 1.17. The molecule has 2 heterocycles. The number of carbonyl (C=O) groups excluding carboxylic acids is 2. The fraction of sp³-hybridized carbons (Fsp3) is 0.389. The molecule has 1 aliphatic heterocycles. The van der Waals surface area contributed by atoms with Gasteiger partial charge < -0.3 is 18.8 Å². The molecule has 1 aromatic heterocycles. The third-order valence-electron chi connectivity index (χ3n) is 4.28. The van der Waals surface area contributed by atoms with Crippen LogP contribution in [0.3, 0.4) is 0 Å². The molecular formula is C18H20N2O5. The lowest BCUT2D eigenvalue weighted by atomic mass is 10.0. The van der Waals surface area contributed by atoms with Crippen molar-refractivity contribution in [2.45, 2.75) is 18.9 Å². The van der Waals surface area contributed by atoms with Crippen molar-refractivity contribution in [3.8, 4) is 11.5 Å². The first kappa shape index (κ1) is 17.2. The highest BCUT2D eigenvalue weighted by Crippen LogP contribution is 2.25. The van der Waals surface area contributed by atoms with Crippen LogP contribution in [-0.4, -0.2) is 55.2 Å². The fourth-order valence-corrected chi connectivity index (χ4v) is 3.11. The number of likely N-dealkylation sites (tertiary alicyclic amines) is 1. The maximum atomic E-state index is 13.0. The molecule has 7 nitrogen and oxygen atoms in total. The van der Waals surface area contributed by atoms with Crippen molar-refractivity contribution >= 4 is 11.9 Å². The second kappa shape index (κ2) is 7.48. The average Bonchev–Trinajstić information content (AvgIpc) is 3.32. The van der Waals surface area contributed by atoms with Crippen molar-refractivity contribution in [3.05, 3.63) is 41.8 Å². The van der Waals surface area contributed by atoms with Crippen LogP contribution >= 0.6 is 0 Å². The number of hydrogen-bond donors (Lipinski definition) is 0. The molecule has 0 spiro atoms. The summed E-state index contributed by atoms with van der Waals surface area (Å²) in [5.41, 5.74) is 1.24. The molecule has 132 valence electrons. The van der Waals surface area contributed by atoms with Crippen molar-refractivity contribution in [2.75, 3.05) is 27.4 Å². The van der Waals surface area contributed by atoms with E-state index in [0.717, 1.165) is 12.8 Å². The lowest BCUT2D eigenvalue weighted by molar-refractivity contribution is 0.0600. The monoisotopic (exact) mass is 344 g/mol. The van der Waals surface area contributed by atoms with E-state index in [4.69, 9.17) is 13.9 Å². The number of esters is 1. The average molecular weight is 344 g/mol. The first-order valence-electron chi connectivity index (χ1n) is 8.07. The Morgan fingerprint density at radius 3 is 2.76 bits per heavy atom. The Kier molecular flexibility index (Phi) is 5.14. The molecule has 0 radical (unpaired) electrons. The van der Waals surface area contributed by atoms with Crippen molar-refractivity contribution < 1.29 is 23.5 Å². The number of benzene rings is 1. The summed E-state index contributed by atoms with van der Waals surface area (Å²) in [4.78, 5) is 30.8. The molecular weight excluding hydrogens is 324 g/mol. The number of carbonyl (C=O) groups is 2. The van der Waals surface area contributed by atoms with Crippen LogP contribution in [0, 0.1) is 0 Å². The summed E-state index contributed by atoms with van der Waals surface area (Å²) in [7, 11) is 2.93. The van der Waals surface area contributed by atoms with Gasteiger partial charge in [-0.05, 0) is 31.0 Å². The number of nitrogens with zero attached hydrogens (tertiary/aromatic N) is 2. The van der Waals surface area contributed by atoms with Crippen LogP contribution in [0.2, 0.25) is 0 Å². The first-order valence-corrected chi connectivity index (χ1v) is 8.07. The van der Waals surface area contributed by atoms with Crippen molar-refractivity contribution in [2.24, 2.45) is 0 Å². The second-order valence-electron chi connectivity index (χ2n) is 5.88. The molecule has 1 unspecified atom stereocenters. The number of oxazole rings is 1. The first-order chi connectivity index (χ1) is 12.1. The third-order valence-corrected chi connectivity index (χ3v) is 4.28. The molecule has 1 aromatic carbocycles. The Morgan fingerprint density at radius 1 is 1.28 bits per heavy atom. The van der Waals surface area contributed by atoms with Gasteiger partial charge in [0.2, 0.25) is 5.89 Å². The van der Waals surface area contributed by atoms with E-state index >= 15 is 0 Å². The maximum absolute atomic E-state index is 13.0. The number of methoxy groups -OCH3 is 2. The Bertz CT molecular complexity index is 757. The lowest BCUT2D eigenvalue weighted by Crippen LogP contribution is -2.38. The van der Waals surface area contributed by atoms with Crippen molar-refractivity contribution in [1.82, 2.24) is 9.88 Å². The molecule has 25 heavy (non-hydrogen) atoms. The minimum Gasteiger partial charge on any atom is -0.465 e. The second-order valence-corrected chi connectivity index (χ2v) is 5.88. The van der Waals surface area contributed by atoms with Crippen LogP contribution in [0.25, 0.3) is 11.5 Å². The largest absolute Gasteiger partial charge is 0.465 e. The van der Waals surface area contributed by atoms with Gasteiger partial charge in [0.05, 0.1) is 31.5 Å². The molecule has 0 aliphatic carbocycles. The molecule has 0 N–H and O–H groups in total. The van der Waals surface area contributed by atoms with E-state index in [1.807, 2.05) is 0 Å². The highest BCUT2D eigenvalue weighted by atomic mass is 16.5. The lowest BCUT2D eigenvalue weighted by Gasteiger charge is -2.24. The zero-order chi connectivity index (χ0) is 17.8. The van der Waals surface area contributed by atoms with E-state index in [-0.39, 0.29) is 17.5 Å². The highest BCUT2D eigenvalue weighted by molar-refractivity contribution is 5.99. The smallest absolute Gasteiger partial charge is 0.337 e. The van der Waals surface area contributed by atoms with Crippen molar-refractivity contribution in [3.63, 3.8) is 0 Å². The minimum absolute atomic E-state index is 0.0458. The van der Waals surface area contributed by atoms with E-state index in [9.17, 15) is 9.59 Å². The summed E-state index contributed by atoms with van der Waals surface area (Å²) in [5.74, 6) is -0.315. The normalized spacial score (nSPS) is 16.9. The fourth-order valence-electron chi connectivity index (χ4n) is 3.11. The molecule has 1 aliphatic rings. The van der Waals surface area contributed by atoms with Crippen LogP contribution < -0.4 is 0 Å². The zero-order valence-corrected chi connectivity index (χ0v) is 14.2. The van der Waals surface area contributed by atoms with E-state index in [1.165, 1.54) is 19.6 Å². The summed E-state index contributed by atoms with van der Waals surface area (Å²) in [5, 5.41) is 0. The standard InChI is InChI=1S/C18H20N2O5/c1-23-11-15-4-3-6-20(15)17(21)13-8-12(16-19-5-7-25-16)9-14(10-13)18(22)24-2/h5,7-10,15H,3-4,6,11H2,1-2H3. The Labute approximate surface area is 145 Å². The van der Waals surface area contributed by atoms with Gasteiger partial charge in [0.15, 0.2) is 0 Å². The van der Waals surface area contributed by atoms with Gasteiger partial charge in [-0.25, -0.2) is 9.78 Å². The van der Waals surface area contributed by atoms with Gasteiger partial charge >= 0.3 is 5.97 Å². The third kappa shape index (κ3) is 3.56. The molecule has 1 amide bonds. The predicted molar refractivity (Wildman–Crippen MR) is 89.2 cm³/mol. The predicted octanol–water partition coefficient (Wildman–Crippen LogP) is 2.38. The number of ether oxygens (including phenoxy) is 2. The van der Waals surface area contributed by atoms with Crippen LogP contribution in [0.1, 0.15) is 33.6 Å². The molecule has 0 saturated carbocycles. The van der Waals surface area contributed by atoms with Gasteiger partial charge in [-0.15, -0.1) is 0 Å². The number of aromatic nitrogens is 1. The summed E-state index contributed by atoms with van der Waals surface area (Å²) >= 11 is 0. The van der Waals surface area contributed by atoms with E-state index in [2.05, 4.69) is 4.98 Å². The molecule has 0 bridgehead atoms. The van der Waals surface area contributed by atoms with Gasteiger partial charge in [0, 0.05) is 24.8 Å². The quantitative estimate of drug-likeness (QED) is 0.775.